The van der Waals surface area contributed by atoms with E-state index in [0.717, 1.165) is 0 Å². The highest BCUT2D eigenvalue weighted by molar-refractivity contribution is 6.30. The van der Waals surface area contributed by atoms with E-state index in [0.29, 0.717) is 10.8 Å². The van der Waals surface area contributed by atoms with E-state index in [1.807, 2.05) is 0 Å². The van der Waals surface area contributed by atoms with Crippen molar-refractivity contribution in [3.63, 3.8) is 0 Å². The minimum Gasteiger partial charge on any atom is -0.484 e. The van der Waals surface area contributed by atoms with Gasteiger partial charge in [-0.3, -0.25) is 4.79 Å². The fraction of sp³-hybridized carbons (Fsp3) is 0.0714. The Morgan fingerprint density at radius 1 is 1.16 bits per heavy atom. The number of nitrogens with one attached hydrogen (secondary N) is 1. The fourth-order valence-corrected chi connectivity index (χ4v) is 1.55. The fourth-order valence-electron chi connectivity index (χ4n) is 1.43. The highest BCUT2D eigenvalue weighted by Crippen LogP contribution is 2.16. The molecule has 2 aromatic carbocycles. The molecule has 0 aliphatic heterocycles. The maximum absolute atomic E-state index is 13.3. The predicted molar refractivity (Wildman–Crippen MR) is 72.0 cm³/mol. The quantitative estimate of drug-likeness (QED) is 0.930. The summed E-state index contributed by atoms with van der Waals surface area (Å²) in [6, 6.07) is 12.6. The van der Waals surface area contributed by atoms with Gasteiger partial charge in [-0.2, -0.15) is 0 Å². The molecule has 0 atom stereocenters. The Morgan fingerprint density at radius 3 is 2.53 bits per heavy atom. The van der Waals surface area contributed by atoms with Gasteiger partial charge in [0.1, 0.15) is 11.6 Å². The largest absolute Gasteiger partial charge is 0.484 e. The van der Waals surface area contributed by atoms with E-state index in [1.165, 1.54) is 12.1 Å². The van der Waals surface area contributed by atoms with Crippen molar-refractivity contribution in [2.75, 3.05) is 11.9 Å². The van der Waals surface area contributed by atoms with Gasteiger partial charge in [-0.15, -0.1) is 0 Å². The van der Waals surface area contributed by atoms with Crippen molar-refractivity contribution in [1.29, 1.82) is 0 Å². The smallest absolute Gasteiger partial charge is 0.262 e. The average Bonchev–Trinajstić information content (AvgIpc) is 2.41. The van der Waals surface area contributed by atoms with Crippen molar-refractivity contribution in [3.05, 3.63) is 59.4 Å². The topological polar surface area (TPSA) is 38.3 Å². The van der Waals surface area contributed by atoms with Gasteiger partial charge in [-0.1, -0.05) is 23.7 Å². The zero-order chi connectivity index (χ0) is 13.7. The number of ether oxygens (including phenoxy) is 1. The van der Waals surface area contributed by atoms with Crippen LogP contribution in [0.2, 0.25) is 5.02 Å². The van der Waals surface area contributed by atoms with Crippen LogP contribution in [0.3, 0.4) is 0 Å². The van der Waals surface area contributed by atoms with Gasteiger partial charge in [-0.05, 0) is 36.4 Å². The summed E-state index contributed by atoms with van der Waals surface area (Å²) >= 11 is 5.72. The second-order valence-corrected chi connectivity index (χ2v) is 4.21. The molecular weight excluding hydrogens is 269 g/mol. The Balaban J connectivity index is 1.88. The molecule has 0 saturated heterocycles. The van der Waals surface area contributed by atoms with Crippen LogP contribution >= 0.6 is 11.6 Å². The molecule has 0 aromatic heterocycles. The summed E-state index contributed by atoms with van der Waals surface area (Å²) in [7, 11) is 0. The van der Waals surface area contributed by atoms with Gasteiger partial charge in [0.15, 0.2) is 6.61 Å². The zero-order valence-corrected chi connectivity index (χ0v) is 10.7. The van der Waals surface area contributed by atoms with Gasteiger partial charge in [-0.25, -0.2) is 4.39 Å². The monoisotopic (exact) mass is 279 g/mol. The lowest BCUT2D eigenvalue weighted by Gasteiger charge is -2.08. The molecule has 19 heavy (non-hydrogen) atoms. The van der Waals surface area contributed by atoms with Crippen LogP contribution in [-0.4, -0.2) is 12.5 Å². The molecular formula is C14H11ClFNO2. The number of rotatable bonds is 4. The maximum atomic E-state index is 13.3. The first kappa shape index (κ1) is 13.4. The Hall–Kier alpha value is -2.07. The molecule has 98 valence electrons. The normalized spacial score (nSPS) is 10.0. The summed E-state index contributed by atoms with van der Waals surface area (Å²) in [5.74, 6) is -0.393. The van der Waals surface area contributed by atoms with Gasteiger partial charge in [0.05, 0.1) is 5.69 Å². The van der Waals surface area contributed by atoms with E-state index in [1.54, 1.807) is 36.4 Å². The van der Waals surface area contributed by atoms with E-state index >= 15 is 0 Å². The number of para-hydroxylation sites is 1. The summed E-state index contributed by atoms with van der Waals surface area (Å²) in [5.41, 5.74) is 0.132. The van der Waals surface area contributed by atoms with Crippen LogP contribution in [0, 0.1) is 5.82 Å². The van der Waals surface area contributed by atoms with Crippen molar-refractivity contribution < 1.29 is 13.9 Å². The lowest BCUT2D eigenvalue weighted by molar-refractivity contribution is -0.118. The number of carbonyl (C=O) groups is 1. The molecule has 2 rings (SSSR count). The molecule has 3 nitrogen and oxygen atoms in total. The zero-order valence-electron chi connectivity index (χ0n) is 9.90. The molecule has 0 aliphatic rings. The molecule has 0 unspecified atom stereocenters. The highest BCUT2D eigenvalue weighted by atomic mass is 35.5. The first-order valence-electron chi connectivity index (χ1n) is 5.58. The van der Waals surface area contributed by atoms with Gasteiger partial charge >= 0.3 is 0 Å². The van der Waals surface area contributed by atoms with Crippen LogP contribution < -0.4 is 10.1 Å². The van der Waals surface area contributed by atoms with Crippen molar-refractivity contribution in [2.24, 2.45) is 0 Å². The first-order chi connectivity index (χ1) is 9.15. The Bertz CT molecular complexity index is 572. The number of hydrogen-bond acceptors (Lipinski definition) is 2. The van der Waals surface area contributed by atoms with Crippen LogP contribution in [0.4, 0.5) is 10.1 Å². The molecule has 5 heteroatoms. The van der Waals surface area contributed by atoms with Crippen LogP contribution in [-0.2, 0) is 4.79 Å². The molecule has 0 fully saturated rings. The maximum Gasteiger partial charge on any atom is 0.262 e. The summed E-state index contributed by atoms with van der Waals surface area (Å²) in [6.07, 6.45) is 0. The third kappa shape index (κ3) is 3.96. The van der Waals surface area contributed by atoms with Gasteiger partial charge in [0.25, 0.3) is 5.91 Å². The molecule has 0 radical (unpaired) electrons. The van der Waals surface area contributed by atoms with E-state index in [-0.39, 0.29) is 12.3 Å². The summed E-state index contributed by atoms with van der Waals surface area (Å²) in [6.45, 7) is -0.198. The Labute approximate surface area is 115 Å². The summed E-state index contributed by atoms with van der Waals surface area (Å²) in [5, 5.41) is 3.01. The average molecular weight is 280 g/mol. The van der Waals surface area contributed by atoms with Gasteiger partial charge < -0.3 is 10.1 Å². The number of halogens is 2. The van der Waals surface area contributed by atoms with Crippen LogP contribution in [0.1, 0.15) is 0 Å². The van der Waals surface area contributed by atoms with Gasteiger partial charge in [0, 0.05) is 5.02 Å². The number of amides is 1. The lowest BCUT2D eigenvalue weighted by atomic mass is 10.3. The minimum absolute atomic E-state index is 0.132. The Kier molecular flexibility index (Phi) is 4.36. The van der Waals surface area contributed by atoms with Crippen molar-refractivity contribution in [1.82, 2.24) is 0 Å². The minimum atomic E-state index is -0.484. The molecule has 0 heterocycles. The second kappa shape index (κ2) is 6.20. The molecule has 0 spiro atoms. The number of hydrogen-bond donors (Lipinski definition) is 1. The number of carbonyl (C=O) groups excluding carboxylic acids is 1. The first-order valence-corrected chi connectivity index (χ1v) is 5.96. The predicted octanol–water partition coefficient (Wildman–Crippen LogP) is 3.50. The summed E-state index contributed by atoms with van der Waals surface area (Å²) < 4.78 is 18.5. The van der Waals surface area contributed by atoms with Gasteiger partial charge in [0.2, 0.25) is 0 Å². The molecule has 0 saturated carbocycles. The lowest BCUT2D eigenvalue weighted by Crippen LogP contribution is -2.20. The van der Waals surface area contributed by atoms with E-state index in [4.69, 9.17) is 16.3 Å². The van der Waals surface area contributed by atoms with Crippen LogP contribution in [0.25, 0.3) is 0 Å². The highest BCUT2D eigenvalue weighted by Gasteiger charge is 2.06. The van der Waals surface area contributed by atoms with Crippen LogP contribution in [0.15, 0.2) is 48.5 Å². The third-order valence-corrected chi connectivity index (χ3v) is 2.58. The standard InChI is InChI=1S/C14H11ClFNO2/c15-10-5-7-11(8-6-10)19-9-14(18)17-13-4-2-1-3-12(13)16/h1-8H,9H2,(H,17,18). The van der Waals surface area contributed by atoms with Crippen molar-refractivity contribution in [3.8, 4) is 5.75 Å². The van der Waals surface area contributed by atoms with Crippen molar-refractivity contribution >= 4 is 23.2 Å². The summed E-state index contributed by atoms with van der Waals surface area (Å²) in [4.78, 5) is 11.6. The van der Waals surface area contributed by atoms with Crippen molar-refractivity contribution in [2.45, 2.75) is 0 Å². The number of anilines is 1. The molecule has 1 amide bonds. The third-order valence-electron chi connectivity index (χ3n) is 2.33. The molecule has 0 bridgehead atoms. The van der Waals surface area contributed by atoms with Crippen LogP contribution in [0.5, 0.6) is 5.75 Å². The molecule has 2 aromatic rings. The van der Waals surface area contributed by atoms with E-state index < -0.39 is 11.7 Å². The Morgan fingerprint density at radius 2 is 1.84 bits per heavy atom. The number of benzene rings is 2. The SMILES string of the molecule is O=C(COc1ccc(Cl)cc1)Nc1ccccc1F. The second-order valence-electron chi connectivity index (χ2n) is 3.77. The van der Waals surface area contributed by atoms with E-state index in [9.17, 15) is 9.18 Å². The van der Waals surface area contributed by atoms with E-state index in [2.05, 4.69) is 5.32 Å². The molecule has 0 aliphatic carbocycles. The molecule has 1 N–H and O–H groups in total.